The maximum Gasteiger partial charge on any atom is 0.0856 e. The Labute approximate surface area is 67.7 Å². The molecule has 0 radical (unpaired) electrons. The predicted octanol–water partition coefficient (Wildman–Crippen LogP) is 2.33. The normalized spacial score (nSPS) is 14.3. The lowest BCUT2D eigenvalue weighted by molar-refractivity contribution is 0.247. The molecular formula is C8H15ClO. The Bertz CT molecular complexity index is 91.3. The van der Waals surface area contributed by atoms with Gasteiger partial charge >= 0.3 is 0 Å². The Morgan fingerprint density at radius 1 is 1.60 bits per heavy atom. The molecule has 0 aromatic rings. The van der Waals surface area contributed by atoms with Crippen molar-refractivity contribution in [3.05, 3.63) is 12.2 Å². The molecular weight excluding hydrogens is 148 g/mol. The van der Waals surface area contributed by atoms with Crippen molar-refractivity contribution < 1.29 is 5.11 Å². The Balaban J connectivity index is 3.18. The van der Waals surface area contributed by atoms with E-state index in [-0.39, 0.29) is 0 Å². The van der Waals surface area contributed by atoms with E-state index in [2.05, 4.69) is 6.92 Å². The average Bonchev–Trinajstić information content (AvgIpc) is 1.98. The summed E-state index contributed by atoms with van der Waals surface area (Å²) in [5, 5.41) is 8.94. The SMILES string of the molecule is CCCC/C=C/[C@H](O)CCl. The second kappa shape index (κ2) is 7.10. The van der Waals surface area contributed by atoms with E-state index in [4.69, 9.17) is 16.7 Å². The van der Waals surface area contributed by atoms with Crippen LogP contribution in [-0.2, 0) is 0 Å². The lowest BCUT2D eigenvalue weighted by Gasteiger charge is -1.96. The van der Waals surface area contributed by atoms with Crippen molar-refractivity contribution in [3.8, 4) is 0 Å². The first-order valence-electron chi connectivity index (χ1n) is 3.72. The summed E-state index contributed by atoms with van der Waals surface area (Å²) < 4.78 is 0. The van der Waals surface area contributed by atoms with Crippen LogP contribution >= 0.6 is 11.6 Å². The van der Waals surface area contributed by atoms with Gasteiger partial charge in [-0.2, -0.15) is 0 Å². The zero-order chi connectivity index (χ0) is 7.82. The van der Waals surface area contributed by atoms with Crippen LogP contribution in [0.15, 0.2) is 12.2 Å². The lowest BCUT2D eigenvalue weighted by atomic mass is 10.2. The number of allylic oxidation sites excluding steroid dienone is 1. The fourth-order valence-corrected chi connectivity index (χ4v) is 0.730. The molecule has 1 N–H and O–H groups in total. The minimum Gasteiger partial charge on any atom is -0.388 e. The van der Waals surface area contributed by atoms with Crippen LogP contribution in [0.1, 0.15) is 26.2 Å². The fraction of sp³-hybridized carbons (Fsp3) is 0.750. The highest BCUT2D eigenvalue weighted by molar-refractivity contribution is 6.18. The highest BCUT2D eigenvalue weighted by atomic mass is 35.5. The van der Waals surface area contributed by atoms with Gasteiger partial charge in [-0.25, -0.2) is 0 Å². The maximum absolute atomic E-state index is 8.94. The summed E-state index contributed by atoms with van der Waals surface area (Å²) in [4.78, 5) is 0. The monoisotopic (exact) mass is 162 g/mol. The predicted molar refractivity (Wildman–Crippen MR) is 45.4 cm³/mol. The van der Waals surface area contributed by atoms with E-state index < -0.39 is 6.10 Å². The van der Waals surface area contributed by atoms with Gasteiger partial charge in [-0.3, -0.25) is 0 Å². The molecule has 0 saturated heterocycles. The van der Waals surface area contributed by atoms with Crippen LogP contribution in [0.5, 0.6) is 0 Å². The quantitative estimate of drug-likeness (QED) is 0.374. The summed E-state index contributed by atoms with van der Waals surface area (Å²) in [5.74, 6) is 0.294. The number of alkyl halides is 1. The van der Waals surface area contributed by atoms with Gasteiger partial charge in [0.05, 0.1) is 12.0 Å². The molecule has 0 bridgehead atoms. The molecule has 0 spiro atoms. The first kappa shape index (κ1) is 9.99. The van der Waals surface area contributed by atoms with E-state index in [1.54, 1.807) is 6.08 Å². The number of aliphatic hydroxyl groups is 1. The highest BCUT2D eigenvalue weighted by Gasteiger charge is 1.91. The molecule has 0 saturated carbocycles. The summed E-state index contributed by atoms with van der Waals surface area (Å²) >= 11 is 5.36. The number of rotatable bonds is 5. The lowest BCUT2D eigenvalue weighted by Crippen LogP contribution is -2.02. The van der Waals surface area contributed by atoms with Crippen molar-refractivity contribution in [1.82, 2.24) is 0 Å². The van der Waals surface area contributed by atoms with Crippen LogP contribution in [0.3, 0.4) is 0 Å². The van der Waals surface area contributed by atoms with Crippen LogP contribution in [0.4, 0.5) is 0 Å². The molecule has 0 amide bonds. The number of halogens is 1. The van der Waals surface area contributed by atoms with Gasteiger partial charge in [-0.15, -0.1) is 11.6 Å². The van der Waals surface area contributed by atoms with Crippen LogP contribution in [0.25, 0.3) is 0 Å². The third-order valence-electron chi connectivity index (χ3n) is 1.24. The van der Waals surface area contributed by atoms with Gasteiger partial charge in [-0.05, 0) is 6.42 Å². The first-order chi connectivity index (χ1) is 4.81. The van der Waals surface area contributed by atoms with Gasteiger partial charge in [0.2, 0.25) is 0 Å². The largest absolute Gasteiger partial charge is 0.388 e. The molecule has 0 aliphatic rings. The molecule has 0 unspecified atom stereocenters. The molecule has 0 rings (SSSR count). The number of hydrogen-bond acceptors (Lipinski definition) is 1. The van der Waals surface area contributed by atoms with Gasteiger partial charge in [0.15, 0.2) is 0 Å². The van der Waals surface area contributed by atoms with Gasteiger partial charge in [0, 0.05) is 0 Å². The molecule has 0 aliphatic heterocycles. The highest BCUT2D eigenvalue weighted by Crippen LogP contribution is 1.97. The van der Waals surface area contributed by atoms with Gasteiger partial charge < -0.3 is 5.11 Å². The number of hydrogen-bond donors (Lipinski definition) is 1. The Hall–Kier alpha value is -0.0100. The van der Waals surface area contributed by atoms with Crippen molar-refractivity contribution >= 4 is 11.6 Å². The smallest absolute Gasteiger partial charge is 0.0856 e. The second-order valence-corrected chi connectivity index (χ2v) is 2.60. The van der Waals surface area contributed by atoms with Crippen LogP contribution in [0.2, 0.25) is 0 Å². The van der Waals surface area contributed by atoms with Crippen LogP contribution < -0.4 is 0 Å². The molecule has 1 nitrogen and oxygen atoms in total. The molecule has 0 aromatic carbocycles. The zero-order valence-electron chi connectivity index (χ0n) is 6.39. The maximum atomic E-state index is 8.94. The second-order valence-electron chi connectivity index (χ2n) is 2.29. The number of unbranched alkanes of at least 4 members (excludes halogenated alkanes) is 2. The zero-order valence-corrected chi connectivity index (χ0v) is 7.14. The van der Waals surface area contributed by atoms with Crippen molar-refractivity contribution in [2.45, 2.75) is 32.3 Å². The molecule has 0 heterocycles. The van der Waals surface area contributed by atoms with E-state index >= 15 is 0 Å². The molecule has 60 valence electrons. The average molecular weight is 163 g/mol. The van der Waals surface area contributed by atoms with E-state index in [1.807, 2.05) is 6.08 Å². The van der Waals surface area contributed by atoms with Gasteiger partial charge in [0.1, 0.15) is 0 Å². The van der Waals surface area contributed by atoms with Gasteiger partial charge in [0.25, 0.3) is 0 Å². The molecule has 1 atom stereocenters. The third kappa shape index (κ3) is 6.12. The van der Waals surface area contributed by atoms with E-state index in [9.17, 15) is 0 Å². The Kier molecular flexibility index (Phi) is 7.09. The molecule has 0 aliphatic carbocycles. The topological polar surface area (TPSA) is 20.2 Å². The van der Waals surface area contributed by atoms with E-state index in [0.29, 0.717) is 5.88 Å². The number of aliphatic hydroxyl groups excluding tert-OH is 1. The minimum atomic E-state index is -0.460. The molecule has 0 aromatic heterocycles. The fourth-order valence-electron chi connectivity index (χ4n) is 0.627. The van der Waals surface area contributed by atoms with Crippen molar-refractivity contribution in [2.75, 3.05) is 5.88 Å². The summed E-state index contributed by atoms with van der Waals surface area (Å²) in [6.45, 7) is 2.14. The molecule has 2 heteroatoms. The Morgan fingerprint density at radius 2 is 2.30 bits per heavy atom. The molecule has 10 heavy (non-hydrogen) atoms. The summed E-state index contributed by atoms with van der Waals surface area (Å²) in [5.41, 5.74) is 0. The van der Waals surface area contributed by atoms with E-state index in [1.165, 1.54) is 12.8 Å². The third-order valence-corrected chi connectivity index (χ3v) is 1.56. The summed E-state index contributed by atoms with van der Waals surface area (Å²) in [6, 6.07) is 0. The van der Waals surface area contributed by atoms with Crippen LogP contribution in [-0.4, -0.2) is 17.1 Å². The first-order valence-corrected chi connectivity index (χ1v) is 4.25. The van der Waals surface area contributed by atoms with Crippen molar-refractivity contribution in [2.24, 2.45) is 0 Å². The Morgan fingerprint density at radius 3 is 2.80 bits per heavy atom. The van der Waals surface area contributed by atoms with E-state index in [0.717, 1.165) is 6.42 Å². The summed E-state index contributed by atoms with van der Waals surface area (Å²) in [6.07, 6.45) is 6.70. The van der Waals surface area contributed by atoms with Crippen molar-refractivity contribution in [3.63, 3.8) is 0 Å². The summed E-state index contributed by atoms with van der Waals surface area (Å²) in [7, 11) is 0. The van der Waals surface area contributed by atoms with Crippen LogP contribution in [0, 0.1) is 0 Å². The minimum absolute atomic E-state index is 0.294. The molecule has 0 fully saturated rings. The van der Waals surface area contributed by atoms with Gasteiger partial charge in [-0.1, -0.05) is 31.9 Å². The standard InChI is InChI=1S/C8H15ClO/c1-2-3-4-5-6-8(10)7-9/h5-6,8,10H,2-4,7H2,1H3/b6-5+/t8-/m0/s1. The van der Waals surface area contributed by atoms with Crippen molar-refractivity contribution in [1.29, 1.82) is 0 Å².